The van der Waals surface area contributed by atoms with Gasteiger partial charge in [-0.15, -0.1) is 0 Å². The van der Waals surface area contributed by atoms with Crippen LogP contribution in [0.25, 0.3) is 0 Å². The Morgan fingerprint density at radius 1 is 0.893 bits per heavy atom. The van der Waals surface area contributed by atoms with Crippen LogP contribution >= 0.6 is 0 Å². The average molecular weight is 382 g/mol. The number of rotatable bonds is 4. The van der Waals surface area contributed by atoms with E-state index in [1.54, 1.807) is 4.90 Å². The van der Waals surface area contributed by atoms with E-state index < -0.39 is 5.60 Å². The van der Waals surface area contributed by atoms with Gasteiger partial charge in [0.05, 0.1) is 6.04 Å². The largest absolute Gasteiger partial charge is 0.444 e. The highest BCUT2D eigenvalue weighted by molar-refractivity contribution is 5.68. The molecular formula is C23H31N3O2. The smallest absolute Gasteiger partial charge is 0.410 e. The summed E-state index contributed by atoms with van der Waals surface area (Å²) in [4.78, 5) is 16.5. The molecule has 0 bridgehead atoms. The van der Waals surface area contributed by atoms with Crippen molar-refractivity contribution in [3.8, 4) is 0 Å². The van der Waals surface area contributed by atoms with Gasteiger partial charge in [-0.25, -0.2) is 4.79 Å². The Kier molecular flexibility index (Phi) is 6.37. The summed E-state index contributed by atoms with van der Waals surface area (Å²) in [5.41, 5.74) is 8.57. The first-order valence-electron chi connectivity index (χ1n) is 9.92. The number of nitrogens with zero attached hydrogens (tertiary/aromatic N) is 2. The molecule has 2 aromatic rings. The van der Waals surface area contributed by atoms with Gasteiger partial charge in [-0.1, -0.05) is 60.7 Å². The predicted molar refractivity (Wildman–Crippen MR) is 112 cm³/mol. The molecule has 0 saturated carbocycles. The monoisotopic (exact) mass is 381 g/mol. The molecule has 5 nitrogen and oxygen atoms in total. The zero-order valence-corrected chi connectivity index (χ0v) is 17.0. The van der Waals surface area contributed by atoms with Gasteiger partial charge in [-0.3, -0.25) is 4.90 Å². The second-order valence-electron chi connectivity index (χ2n) is 8.30. The average Bonchev–Trinajstić information content (AvgIpc) is 2.69. The van der Waals surface area contributed by atoms with E-state index in [-0.39, 0.29) is 18.2 Å². The fourth-order valence-corrected chi connectivity index (χ4v) is 3.66. The quantitative estimate of drug-likeness (QED) is 0.870. The highest BCUT2D eigenvalue weighted by atomic mass is 16.6. The molecule has 3 rings (SSSR count). The van der Waals surface area contributed by atoms with Gasteiger partial charge >= 0.3 is 6.09 Å². The van der Waals surface area contributed by atoms with Crippen molar-refractivity contribution in [3.05, 3.63) is 71.8 Å². The Morgan fingerprint density at radius 3 is 1.89 bits per heavy atom. The number of carbonyl (C=O) groups is 1. The fourth-order valence-electron chi connectivity index (χ4n) is 3.66. The van der Waals surface area contributed by atoms with Gasteiger partial charge < -0.3 is 15.4 Å². The molecule has 0 spiro atoms. The van der Waals surface area contributed by atoms with Crippen molar-refractivity contribution in [2.75, 3.05) is 26.2 Å². The molecule has 150 valence electrons. The Morgan fingerprint density at radius 2 is 1.39 bits per heavy atom. The van der Waals surface area contributed by atoms with Crippen LogP contribution < -0.4 is 5.73 Å². The van der Waals surface area contributed by atoms with E-state index in [2.05, 4.69) is 41.3 Å². The zero-order chi connectivity index (χ0) is 20.1. The van der Waals surface area contributed by atoms with Gasteiger partial charge in [0.1, 0.15) is 5.60 Å². The van der Waals surface area contributed by atoms with E-state index >= 15 is 0 Å². The van der Waals surface area contributed by atoms with Crippen LogP contribution in [0, 0.1) is 0 Å². The first kappa shape index (κ1) is 20.4. The lowest BCUT2D eigenvalue weighted by molar-refractivity contribution is 0.00872. The van der Waals surface area contributed by atoms with Crippen LogP contribution in [0.3, 0.4) is 0 Å². The summed E-state index contributed by atoms with van der Waals surface area (Å²) in [5.74, 6) is 0. The second-order valence-corrected chi connectivity index (χ2v) is 8.30. The first-order chi connectivity index (χ1) is 13.3. The fraction of sp³-hybridized carbons (Fsp3) is 0.435. The summed E-state index contributed by atoms with van der Waals surface area (Å²) < 4.78 is 5.52. The molecule has 2 unspecified atom stereocenters. The molecule has 0 aliphatic carbocycles. The van der Waals surface area contributed by atoms with Crippen molar-refractivity contribution < 1.29 is 9.53 Å². The van der Waals surface area contributed by atoms with Crippen LogP contribution in [0.1, 0.15) is 44.0 Å². The van der Waals surface area contributed by atoms with Gasteiger partial charge in [0.15, 0.2) is 0 Å². The van der Waals surface area contributed by atoms with Crippen LogP contribution in [-0.4, -0.2) is 47.7 Å². The highest BCUT2D eigenvalue weighted by Gasteiger charge is 2.32. The summed E-state index contributed by atoms with van der Waals surface area (Å²) in [6, 6.07) is 20.5. The van der Waals surface area contributed by atoms with Crippen LogP contribution in [0.15, 0.2) is 60.7 Å². The SMILES string of the molecule is CC(C)(C)OC(=O)N1CCN(C(c2ccccc2)C(N)c2ccccc2)CC1. The Hall–Kier alpha value is -2.37. The predicted octanol–water partition coefficient (Wildman–Crippen LogP) is 3.98. The number of amides is 1. The number of benzene rings is 2. The lowest BCUT2D eigenvalue weighted by atomic mass is 9.92. The first-order valence-corrected chi connectivity index (χ1v) is 9.92. The number of piperazine rings is 1. The topological polar surface area (TPSA) is 58.8 Å². The third-order valence-corrected chi connectivity index (χ3v) is 5.03. The van der Waals surface area contributed by atoms with Crippen molar-refractivity contribution in [3.63, 3.8) is 0 Å². The third-order valence-electron chi connectivity index (χ3n) is 5.03. The van der Waals surface area contributed by atoms with Crippen LogP contribution in [-0.2, 0) is 4.74 Å². The Labute approximate surface area is 168 Å². The lowest BCUT2D eigenvalue weighted by Crippen LogP contribution is -2.52. The van der Waals surface area contributed by atoms with Gasteiger partial charge in [0, 0.05) is 32.2 Å². The van der Waals surface area contributed by atoms with Gasteiger partial charge in [0.25, 0.3) is 0 Å². The van der Waals surface area contributed by atoms with Crippen molar-refractivity contribution in [1.29, 1.82) is 0 Å². The van der Waals surface area contributed by atoms with E-state index in [1.807, 2.05) is 45.0 Å². The molecule has 1 heterocycles. The van der Waals surface area contributed by atoms with E-state index in [9.17, 15) is 4.79 Å². The summed E-state index contributed by atoms with van der Waals surface area (Å²) in [6.07, 6.45) is -0.240. The Bertz CT molecular complexity index is 750. The summed E-state index contributed by atoms with van der Waals surface area (Å²) in [6.45, 7) is 8.49. The standard InChI is InChI=1S/C23H31N3O2/c1-23(2,3)28-22(27)26-16-14-25(15-17-26)21(19-12-8-5-9-13-19)20(24)18-10-6-4-7-11-18/h4-13,20-21H,14-17,24H2,1-3H3. The number of hydrogen-bond donors (Lipinski definition) is 1. The minimum atomic E-state index is -0.476. The second kappa shape index (κ2) is 8.76. The zero-order valence-electron chi connectivity index (χ0n) is 17.0. The summed E-state index contributed by atoms with van der Waals surface area (Å²) >= 11 is 0. The van der Waals surface area contributed by atoms with Crippen molar-refractivity contribution in [2.45, 2.75) is 38.5 Å². The third kappa shape index (κ3) is 5.12. The molecule has 1 amide bonds. The number of nitrogens with two attached hydrogens (primary N) is 1. The molecular weight excluding hydrogens is 350 g/mol. The molecule has 1 aliphatic heterocycles. The summed E-state index contributed by atoms with van der Waals surface area (Å²) in [7, 11) is 0. The number of ether oxygens (including phenoxy) is 1. The van der Waals surface area contributed by atoms with Gasteiger partial charge in [0.2, 0.25) is 0 Å². The minimum absolute atomic E-state index is 0.0596. The van der Waals surface area contributed by atoms with Crippen molar-refractivity contribution in [1.82, 2.24) is 9.80 Å². The maximum Gasteiger partial charge on any atom is 0.410 e. The lowest BCUT2D eigenvalue weighted by Gasteiger charge is -2.42. The minimum Gasteiger partial charge on any atom is -0.444 e. The van der Waals surface area contributed by atoms with E-state index in [0.29, 0.717) is 13.1 Å². The maximum atomic E-state index is 12.4. The summed E-state index contributed by atoms with van der Waals surface area (Å²) in [5, 5.41) is 0. The van der Waals surface area contributed by atoms with E-state index in [1.165, 1.54) is 5.56 Å². The van der Waals surface area contributed by atoms with Crippen LogP contribution in [0.4, 0.5) is 4.79 Å². The van der Waals surface area contributed by atoms with E-state index in [4.69, 9.17) is 10.5 Å². The van der Waals surface area contributed by atoms with E-state index in [0.717, 1.165) is 18.7 Å². The van der Waals surface area contributed by atoms with Crippen molar-refractivity contribution in [2.24, 2.45) is 5.73 Å². The van der Waals surface area contributed by atoms with Gasteiger partial charge in [-0.2, -0.15) is 0 Å². The molecule has 2 N–H and O–H groups in total. The molecule has 1 fully saturated rings. The highest BCUT2D eigenvalue weighted by Crippen LogP contribution is 2.33. The van der Waals surface area contributed by atoms with Crippen molar-refractivity contribution >= 4 is 6.09 Å². The molecule has 1 saturated heterocycles. The van der Waals surface area contributed by atoms with Gasteiger partial charge in [-0.05, 0) is 31.9 Å². The van der Waals surface area contributed by atoms with Crippen LogP contribution in [0.5, 0.6) is 0 Å². The molecule has 28 heavy (non-hydrogen) atoms. The molecule has 0 aromatic heterocycles. The maximum absolute atomic E-state index is 12.4. The number of carbonyl (C=O) groups excluding carboxylic acids is 1. The molecule has 0 radical (unpaired) electrons. The Balaban J connectivity index is 1.75. The molecule has 2 atom stereocenters. The molecule has 2 aromatic carbocycles. The normalized spacial score (nSPS) is 17.8. The van der Waals surface area contributed by atoms with Crippen LogP contribution in [0.2, 0.25) is 0 Å². The number of hydrogen-bond acceptors (Lipinski definition) is 4. The molecule has 5 heteroatoms. The molecule has 1 aliphatic rings.